The van der Waals surface area contributed by atoms with E-state index in [-0.39, 0.29) is 6.10 Å². The molecule has 0 aliphatic carbocycles. The molecule has 0 bridgehead atoms. The van der Waals surface area contributed by atoms with Crippen LogP contribution in [0.25, 0.3) is 0 Å². The number of aromatic nitrogens is 1. The van der Waals surface area contributed by atoms with Crippen LogP contribution in [-0.2, 0) is 6.54 Å². The van der Waals surface area contributed by atoms with Gasteiger partial charge in [0.2, 0.25) is 0 Å². The largest absolute Gasteiger partial charge is 0.490 e. The van der Waals surface area contributed by atoms with E-state index in [2.05, 4.69) is 22.2 Å². The Morgan fingerprint density at radius 3 is 2.80 bits per heavy atom. The molecule has 1 aliphatic rings. The smallest absolute Gasteiger partial charge is 0.161 e. The summed E-state index contributed by atoms with van der Waals surface area (Å²) >= 11 is 0. The van der Waals surface area contributed by atoms with Crippen molar-refractivity contribution in [1.29, 1.82) is 0 Å². The minimum Gasteiger partial charge on any atom is -0.490 e. The molecule has 0 N–H and O–H groups in total. The lowest BCUT2D eigenvalue weighted by molar-refractivity contribution is 0.205. The van der Waals surface area contributed by atoms with Crippen LogP contribution in [0.2, 0.25) is 0 Å². The summed E-state index contributed by atoms with van der Waals surface area (Å²) in [4.78, 5) is 2.45. The van der Waals surface area contributed by atoms with Gasteiger partial charge < -0.3 is 14.0 Å². The topological polar surface area (TPSA) is 47.7 Å². The summed E-state index contributed by atoms with van der Waals surface area (Å²) in [5.41, 5.74) is 2.17. The van der Waals surface area contributed by atoms with E-state index in [1.165, 1.54) is 12.0 Å². The van der Waals surface area contributed by atoms with E-state index in [4.69, 9.17) is 14.0 Å². The van der Waals surface area contributed by atoms with Crippen molar-refractivity contribution in [3.8, 4) is 11.5 Å². The molecule has 1 aromatic heterocycles. The lowest BCUT2D eigenvalue weighted by Crippen LogP contribution is -2.22. The fourth-order valence-electron chi connectivity index (χ4n) is 3.38. The molecule has 3 rings (SSSR count). The normalized spacial score (nSPS) is 18.0. The van der Waals surface area contributed by atoms with Gasteiger partial charge in [-0.05, 0) is 64.8 Å². The van der Waals surface area contributed by atoms with Gasteiger partial charge in [0.1, 0.15) is 0 Å². The molecule has 5 nitrogen and oxygen atoms in total. The Labute approximate surface area is 149 Å². The van der Waals surface area contributed by atoms with E-state index in [1.54, 1.807) is 0 Å². The zero-order valence-electron chi connectivity index (χ0n) is 15.6. The molecule has 136 valence electrons. The Morgan fingerprint density at radius 1 is 1.28 bits per heavy atom. The zero-order chi connectivity index (χ0) is 17.8. The van der Waals surface area contributed by atoms with Gasteiger partial charge in [-0.1, -0.05) is 11.2 Å². The van der Waals surface area contributed by atoms with E-state index in [9.17, 15) is 0 Å². The molecule has 1 aliphatic heterocycles. The second-order valence-corrected chi connectivity index (χ2v) is 6.88. The molecule has 1 fully saturated rings. The lowest BCUT2D eigenvalue weighted by atomic mass is 10.1. The summed E-state index contributed by atoms with van der Waals surface area (Å²) in [5.74, 6) is 2.60. The summed E-state index contributed by atoms with van der Waals surface area (Å²) in [7, 11) is 0. The van der Waals surface area contributed by atoms with Gasteiger partial charge in [-0.2, -0.15) is 0 Å². The van der Waals surface area contributed by atoms with Gasteiger partial charge in [-0.15, -0.1) is 0 Å². The maximum absolute atomic E-state index is 5.85. The van der Waals surface area contributed by atoms with E-state index >= 15 is 0 Å². The van der Waals surface area contributed by atoms with Crippen molar-refractivity contribution in [3.63, 3.8) is 0 Å². The van der Waals surface area contributed by atoms with Crippen LogP contribution < -0.4 is 9.47 Å². The third-order valence-electron chi connectivity index (χ3n) is 4.39. The predicted molar refractivity (Wildman–Crippen MR) is 97.0 cm³/mol. The van der Waals surface area contributed by atoms with Crippen LogP contribution in [0.15, 0.2) is 28.8 Å². The lowest BCUT2D eigenvalue weighted by Gasteiger charge is -2.23. The fraction of sp³-hybridized carbons (Fsp3) is 0.550. The van der Waals surface area contributed by atoms with Gasteiger partial charge >= 0.3 is 0 Å². The summed E-state index contributed by atoms with van der Waals surface area (Å²) in [6.07, 6.45) is 2.42. The number of benzene rings is 1. The number of likely N-dealkylation sites (tertiary alicyclic amines) is 1. The maximum Gasteiger partial charge on any atom is 0.161 e. The van der Waals surface area contributed by atoms with Crippen molar-refractivity contribution >= 4 is 0 Å². The SMILES string of the molecule is CCOc1cc(CN2CCC[C@H]2c2cc(C)no2)ccc1OC(C)C. The molecule has 0 unspecified atom stereocenters. The summed E-state index contributed by atoms with van der Waals surface area (Å²) in [6.45, 7) is 10.6. The number of rotatable bonds is 7. The van der Waals surface area contributed by atoms with Crippen molar-refractivity contribution in [3.05, 3.63) is 41.3 Å². The number of hydrogen-bond acceptors (Lipinski definition) is 5. The minimum absolute atomic E-state index is 0.128. The zero-order valence-corrected chi connectivity index (χ0v) is 15.6. The molecule has 0 amide bonds. The third kappa shape index (κ3) is 4.34. The van der Waals surface area contributed by atoms with Crippen LogP contribution in [0, 0.1) is 6.92 Å². The average Bonchev–Trinajstić information content (AvgIpc) is 3.18. The van der Waals surface area contributed by atoms with Crippen molar-refractivity contribution < 1.29 is 14.0 Å². The average molecular weight is 344 g/mol. The Hall–Kier alpha value is -2.01. The van der Waals surface area contributed by atoms with Crippen molar-refractivity contribution in [2.24, 2.45) is 0 Å². The molecule has 1 saturated heterocycles. The van der Waals surface area contributed by atoms with E-state index in [1.807, 2.05) is 39.8 Å². The number of nitrogens with zero attached hydrogens (tertiary/aromatic N) is 2. The summed E-state index contributed by atoms with van der Waals surface area (Å²) in [6, 6.07) is 8.60. The molecule has 5 heteroatoms. The standard InChI is InChI=1S/C20H28N2O3/c1-5-23-20-12-16(8-9-18(20)24-14(2)3)13-22-10-6-7-17(22)19-11-15(4)21-25-19/h8-9,11-12,14,17H,5-7,10,13H2,1-4H3/t17-/m0/s1. The van der Waals surface area contributed by atoms with Crippen LogP contribution in [0.5, 0.6) is 11.5 Å². The monoisotopic (exact) mass is 344 g/mol. The maximum atomic E-state index is 5.85. The van der Waals surface area contributed by atoms with Crippen LogP contribution >= 0.6 is 0 Å². The molecule has 0 spiro atoms. The molecule has 1 aromatic carbocycles. The predicted octanol–water partition coefficient (Wildman–Crippen LogP) is 4.51. The van der Waals surface area contributed by atoms with Gasteiger partial charge in [0.25, 0.3) is 0 Å². The molecule has 25 heavy (non-hydrogen) atoms. The first kappa shape index (κ1) is 17.8. The first-order valence-electron chi connectivity index (χ1n) is 9.16. The molecule has 2 heterocycles. The Kier molecular flexibility index (Phi) is 5.63. The van der Waals surface area contributed by atoms with Crippen LogP contribution in [-0.4, -0.2) is 29.3 Å². The molecular weight excluding hydrogens is 316 g/mol. The second kappa shape index (κ2) is 7.91. The highest BCUT2D eigenvalue weighted by molar-refractivity contribution is 5.43. The number of aryl methyl sites for hydroxylation is 1. The molecule has 0 saturated carbocycles. The van der Waals surface area contributed by atoms with E-state index in [0.717, 1.165) is 42.5 Å². The van der Waals surface area contributed by atoms with Gasteiger partial charge in [-0.3, -0.25) is 4.90 Å². The van der Waals surface area contributed by atoms with Gasteiger partial charge in [-0.25, -0.2) is 0 Å². The first-order chi connectivity index (χ1) is 12.1. The quantitative estimate of drug-likeness (QED) is 0.740. The van der Waals surface area contributed by atoms with Crippen LogP contribution in [0.1, 0.15) is 56.7 Å². The van der Waals surface area contributed by atoms with Gasteiger partial charge in [0.05, 0.1) is 24.4 Å². The van der Waals surface area contributed by atoms with Gasteiger partial charge in [0, 0.05) is 12.6 Å². The van der Waals surface area contributed by atoms with Crippen molar-refractivity contribution in [1.82, 2.24) is 10.1 Å². The first-order valence-corrected chi connectivity index (χ1v) is 9.16. The Balaban J connectivity index is 1.76. The fourth-order valence-corrected chi connectivity index (χ4v) is 3.38. The number of hydrogen-bond donors (Lipinski definition) is 0. The molecular formula is C20H28N2O3. The molecule has 2 aromatic rings. The van der Waals surface area contributed by atoms with Crippen LogP contribution in [0.3, 0.4) is 0 Å². The van der Waals surface area contributed by atoms with Crippen molar-refractivity contribution in [2.75, 3.05) is 13.2 Å². The summed E-state index contributed by atoms with van der Waals surface area (Å²) < 4.78 is 17.1. The number of ether oxygens (including phenoxy) is 2. The van der Waals surface area contributed by atoms with Gasteiger partial charge in [0.15, 0.2) is 17.3 Å². The molecule has 0 radical (unpaired) electrons. The Morgan fingerprint density at radius 2 is 2.12 bits per heavy atom. The van der Waals surface area contributed by atoms with E-state index in [0.29, 0.717) is 12.6 Å². The molecule has 1 atom stereocenters. The minimum atomic E-state index is 0.128. The summed E-state index contributed by atoms with van der Waals surface area (Å²) in [5, 5.41) is 4.04. The Bertz CT molecular complexity index is 696. The van der Waals surface area contributed by atoms with Crippen LogP contribution in [0.4, 0.5) is 0 Å². The van der Waals surface area contributed by atoms with E-state index < -0.39 is 0 Å². The van der Waals surface area contributed by atoms with Crippen molar-refractivity contribution in [2.45, 2.75) is 59.2 Å². The second-order valence-electron chi connectivity index (χ2n) is 6.88. The highest BCUT2D eigenvalue weighted by Gasteiger charge is 2.29. The highest BCUT2D eigenvalue weighted by atomic mass is 16.5. The highest BCUT2D eigenvalue weighted by Crippen LogP contribution is 2.35. The third-order valence-corrected chi connectivity index (χ3v) is 4.39.